The molecule has 1 aliphatic heterocycles. The summed E-state index contributed by atoms with van der Waals surface area (Å²) in [5, 5.41) is 10.2. The fourth-order valence-corrected chi connectivity index (χ4v) is 4.22. The minimum absolute atomic E-state index is 0.0136. The zero-order chi connectivity index (χ0) is 26.4. The second kappa shape index (κ2) is 11.1. The van der Waals surface area contributed by atoms with Gasteiger partial charge in [-0.1, -0.05) is 54.6 Å². The molecule has 0 spiro atoms. The average Bonchev–Trinajstić information content (AvgIpc) is 2.95. The quantitative estimate of drug-likeness (QED) is 0.510. The van der Waals surface area contributed by atoms with Crippen LogP contribution in [0.3, 0.4) is 0 Å². The summed E-state index contributed by atoms with van der Waals surface area (Å²) < 4.78 is 10.1. The van der Waals surface area contributed by atoms with Crippen LogP contribution in [0.2, 0.25) is 0 Å². The normalized spacial score (nSPS) is 15.5. The largest absolute Gasteiger partial charge is 0.466 e. The van der Waals surface area contributed by atoms with Crippen LogP contribution >= 0.6 is 0 Å². The molecule has 1 unspecified atom stereocenters. The molecule has 0 amide bonds. The van der Waals surface area contributed by atoms with Crippen LogP contribution in [0.15, 0.2) is 102 Å². The van der Waals surface area contributed by atoms with Crippen molar-refractivity contribution >= 4 is 29.8 Å². The average molecular weight is 493 g/mol. The molecule has 2 heterocycles. The number of ether oxygens (including phenoxy) is 2. The Morgan fingerprint density at radius 1 is 0.946 bits per heavy atom. The number of nitriles is 1. The molecular formula is C29H24N4O4. The van der Waals surface area contributed by atoms with Crippen LogP contribution in [0.4, 0.5) is 5.69 Å². The number of benzene rings is 2. The molecular weight excluding hydrogens is 468 g/mol. The molecule has 0 bridgehead atoms. The Morgan fingerprint density at radius 3 is 2.27 bits per heavy atom. The van der Waals surface area contributed by atoms with Crippen molar-refractivity contribution in [1.29, 1.82) is 5.26 Å². The molecule has 37 heavy (non-hydrogen) atoms. The predicted molar refractivity (Wildman–Crippen MR) is 139 cm³/mol. The number of carbonyl (C=O) groups excluding carboxylic acids is 2. The van der Waals surface area contributed by atoms with E-state index in [1.54, 1.807) is 54.9 Å². The van der Waals surface area contributed by atoms with Crippen molar-refractivity contribution in [1.82, 2.24) is 4.98 Å². The van der Waals surface area contributed by atoms with Gasteiger partial charge in [-0.15, -0.1) is 0 Å². The van der Waals surface area contributed by atoms with Crippen LogP contribution in [0.5, 0.6) is 0 Å². The van der Waals surface area contributed by atoms with E-state index in [1.807, 2.05) is 36.4 Å². The summed E-state index contributed by atoms with van der Waals surface area (Å²) >= 11 is 0. The Morgan fingerprint density at radius 2 is 1.62 bits per heavy atom. The molecule has 0 aliphatic carbocycles. The van der Waals surface area contributed by atoms with Gasteiger partial charge >= 0.3 is 11.9 Å². The summed E-state index contributed by atoms with van der Waals surface area (Å²) in [6.45, 7) is 0. The highest BCUT2D eigenvalue weighted by molar-refractivity contribution is 6.06. The van der Waals surface area contributed by atoms with Crippen molar-refractivity contribution in [2.45, 2.75) is 5.92 Å². The van der Waals surface area contributed by atoms with E-state index in [1.165, 1.54) is 19.1 Å². The van der Waals surface area contributed by atoms with Crippen LogP contribution < -0.4 is 10.6 Å². The first-order chi connectivity index (χ1) is 18.0. The fourth-order valence-electron chi connectivity index (χ4n) is 4.22. The number of nitrogens with zero attached hydrogens (tertiary/aromatic N) is 3. The van der Waals surface area contributed by atoms with Gasteiger partial charge in [0.1, 0.15) is 11.5 Å². The predicted octanol–water partition coefficient (Wildman–Crippen LogP) is 4.15. The van der Waals surface area contributed by atoms with E-state index in [0.717, 1.165) is 11.1 Å². The number of esters is 2. The highest BCUT2D eigenvalue weighted by atomic mass is 16.5. The Hall–Kier alpha value is -5.16. The van der Waals surface area contributed by atoms with Gasteiger partial charge in [0.25, 0.3) is 0 Å². The maximum Gasteiger partial charge on any atom is 0.355 e. The van der Waals surface area contributed by atoms with Crippen molar-refractivity contribution in [3.05, 3.63) is 118 Å². The van der Waals surface area contributed by atoms with Crippen molar-refractivity contribution in [3.63, 3.8) is 0 Å². The van der Waals surface area contributed by atoms with E-state index in [0.29, 0.717) is 11.3 Å². The maximum atomic E-state index is 13.2. The van der Waals surface area contributed by atoms with Gasteiger partial charge in [-0.05, 0) is 41.0 Å². The first kappa shape index (κ1) is 24.9. The van der Waals surface area contributed by atoms with Crippen LogP contribution in [0, 0.1) is 11.3 Å². The van der Waals surface area contributed by atoms with Crippen molar-refractivity contribution < 1.29 is 19.1 Å². The van der Waals surface area contributed by atoms with Gasteiger partial charge in [-0.2, -0.15) is 5.26 Å². The van der Waals surface area contributed by atoms with Gasteiger partial charge in [0.05, 0.1) is 37.4 Å². The molecule has 2 N–H and O–H groups in total. The van der Waals surface area contributed by atoms with Gasteiger partial charge in [0.15, 0.2) is 0 Å². The number of allylic oxidation sites excluding steroid dienone is 1. The third-order valence-corrected chi connectivity index (χ3v) is 5.91. The van der Waals surface area contributed by atoms with Crippen LogP contribution in [0.1, 0.15) is 22.6 Å². The minimum atomic E-state index is -0.918. The Kier molecular flexibility index (Phi) is 7.45. The third kappa shape index (κ3) is 4.97. The summed E-state index contributed by atoms with van der Waals surface area (Å²) in [6, 6.07) is 22.0. The second-order valence-corrected chi connectivity index (χ2v) is 8.04. The third-order valence-electron chi connectivity index (χ3n) is 5.91. The van der Waals surface area contributed by atoms with Crippen LogP contribution in [0.25, 0.3) is 12.2 Å². The SMILES string of the molecule is COC(=O)C1=C(C(=O)OC)N(c2cccc(C=Cc3ccncc3)c2)C(N)=C(C#N)C1c1ccccc1. The van der Waals surface area contributed by atoms with E-state index in [-0.39, 0.29) is 22.7 Å². The molecule has 8 heteroatoms. The molecule has 184 valence electrons. The molecule has 2 aromatic carbocycles. The highest BCUT2D eigenvalue weighted by Gasteiger charge is 2.42. The van der Waals surface area contributed by atoms with E-state index < -0.39 is 17.9 Å². The lowest BCUT2D eigenvalue weighted by atomic mass is 9.81. The summed E-state index contributed by atoms with van der Waals surface area (Å²) in [5.41, 5.74) is 9.35. The van der Waals surface area contributed by atoms with Gasteiger partial charge in [0.2, 0.25) is 0 Å². The second-order valence-electron chi connectivity index (χ2n) is 8.04. The van der Waals surface area contributed by atoms with E-state index in [2.05, 4.69) is 11.1 Å². The summed E-state index contributed by atoms with van der Waals surface area (Å²) in [7, 11) is 2.43. The van der Waals surface area contributed by atoms with E-state index in [9.17, 15) is 14.9 Å². The minimum Gasteiger partial charge on any atom is -0.466 e. The van der Waals surface area contributed by atoms with Crippen molar-refractivity contribution in [2.75, 3.05) is 19.1 Å². The molecule has 1 aliphatic rings. The highest BCUT2D eigenvalue weighted by Crippen LogP contribution is 2.43. The van der Waals surface area contributed by atoms with Crippen LogP contribution in [-0.4, -0.2) is 31.1 Å². The molecule has 1 aromatic heterocycles. The monoisotopic (exact) mass is 492 g/mol. The lowest BCUT2D eigenvalue weighted by Crippen LogP contribution is -2.40. The molecule has 0 saturated heterocycles. The number of hydrogen-bond donors (Lipinski definition) is 1. The topological polar surface area (TPSA) is 119 Å². The van der Waals surface area contributed by atoms with Gasteiger partial charge in [-0.25, -0.2) is 9.59 Å². The first-order valence-corrected chi connectivity index (χ1v) is 11.3. The Bertz CT molecular complexity index is 1450. The molecule has 0 saturated carbocycles. The number of anilines is 1. The number of carbonyl (C=O) groups is 2. The molecule has 1 atom stereocenters. The summed E-state index contributed by atoms with van der Waals surface area (Å²) in [5.74, 6) is -2.47. The Labute approximate surface area is 214 Å². The molecule has 4 rings (SSSR count). The lowest BCUT2D eigenvalue weighted by molar-refractivity contribution is -0.139. The fraction of sp³-hybridized carbons (Fsp3) is 0.103. The van der Waals surface area contributed by atoms with Crippen molar-refractivity contribution in [3.8, 4) is 6.07 Å². The van der Waals surface area contributed by atoms with Crippen molar-refractivity contribution in [2.24, 2.45) is 5.73 Å². The zero-order valence-corrected chi connectivity index (χ0v) is 20.3. The summed E-state index contributed by atoms with van der Waals surface area (Å²) in [4.78, 5) is 31.7. The maximum absolute atomic E-state index is 13.2. The summed E-state index contributed by atoms with van der Waals surface area (Å²) in [6.07, 6.45) is 7.20. The zero-order valence-electron chi connectivity index (χ0n) is 20.3. The van der Waals surface area contributed by atoms with E-state index >= 15 is 0 Å². The number of methoxy groups -OCH3 is 2. The number of aromatic nitrogens is 1. The van der Waals surface area contributed by atoms with E-state index in [4.69, 9.17) is 15.2 Å². The van der Waals surface area contributed by atoms with Gasteiger partial charge in [0, 0.05) is 18.1 Å². The first-order valence-electron chi connectivity index (χ1n) is 11.3. The van der Waals surface area contributed by atoms with Crippen LogP contribution in [-0.2, 0) is 19.1 Å². The van der Waals surface area contributed by atoms with Gasteiger partial charge in [-0.3, -0.25) is 9.88 Å². The lowest BCUT2D eigenvalue weighted by Gasteiger charge is -2.36. The number of hydrogen-bond acceptors (Lipinski definition) is 8. The number of nitrogens with two attached hydrogens (primary N) is 1. The molecule has 0 fully saturated rings. The number of pyridine rings is 1. The molecule has 0 radical (unpaired) electrons. The molecule has 8 nitrogen and oxygen atoms in total. The molecule has 3 aromatic rings. The number of rotatable bonds is 6. The van der Waals surface area contributed by atoms with Gasteiger partial charge < -0.3 is 15.2 Å². The Balaban J connectivity index is 1.93. The standard InChI is InChI=1S/C29H24N4O4/c1-36-28(34)25-24(21-8-4-3-5-9-21)23(18-30)27(31)33(26(25)29(35)37-2)22-10-6-7-20(17-22)12-11-19-13-15-32-16-14-19/h3-17,24H,31H2,1-2H3. The smallest absolute Gasteiger partial charge is 0.355 e.